The van der Waals surface area contributed by atoms with Gasteiger partial charge in [-0.3, -0.25) is 9.69 Å². The van der Waals surface area contributed by atoms with Crippen LogP contribution in [0.1, 0.15) is 57.9 Å². The summed E-state index contributed by atoms with van der Waals surface area (Å²) < 4.78 is 0. The summed E-state index contributed by atoms with van der Waals surface area (Å²) in [6.45, 7) is 13.7. The van der Waals surface area contributed by atoms with Gasteiger partial charge in [-0.25, -0.2) is 5.43 Å². The fourth-order valence-electron chi connectivity index (χ4n) is 4.60. The van der Waals surface area contributed by atoms with E-state index in [0.717, 1.165) is 43.9 Å². The van der Waals surface area contributed by atoms with Crippen molar-refractivity contribution in [2.45, 2.75) is 40.2 Å². The molecule has 0 bridgehead atoms. The lowest BCUT2D eigenvalue weighted by Crippen LogP contribution is -2.46. The molecule has 1 aliphatic heterocycles. The van der Waals surface area contributed by atoms with E-state index in [9.17, 15) is 9.90 Å². The van der Waals surface area contributed by atoms with Gasteiger partial charge in [0.2, 0.25) is 0 Å². The number of nitrogens with zero attached hydrogens (tertiary/aromatic N) is 3. The monoisotopic (exact) mass is 518 g/mol. The average molecular weight is 519 g/mol. The van der Waals surface area contributed by atoms with Crippen LogP contribution in [0.3, 0.4) is 0 Å². The highest BCUT2D eigenvalue weighted by Crippen LogP contribution is 2.27. The molecule has 1 fully saturated rings. The molecule has 7 heteroatoms. The number of aromatic hydroxyl groups is 1. The summed E-state index contributed by atoms with van der Waals surface area (Å²) in [5, 5.41) is 13.8. The SMILES string of the molecule is Cc1c(C=NNC(=O)c2ccc(O)c(Cl)c2)ccc(N2CCN(Cc3ccc(C(C)C)cc3)CC2)c1C. The zero-order valence-corrected chi connectivity index (χ0v) is 22.7. The van der Waals surface area contributed by atoms with Crippen molar-refractivity contribution in [2.75, 3.05) is 31.1 Å². The number of piperazine rings is 1. The van der Waals surface area contributed by atoms with Crippen LogP contribution in [0.5, 0.6) is 5.75 Å². The zero-order chi connectivity index (χ0) is 26.5. The van der Waals surface area contributed by atoms with Crippen LogP contribution in [0.25, 0.3) is 0 Å². The normalized spacial score (nSPS) is 14.5. The predicted molar refractivity (Wildman–Crippen MR) is 152 cm³/mol. The van der Waals surface area contributed by atoms with Crippen LogP contribution < -0.4 is 10.3 Å². The molecule has 0 aliphatic carbocycles. The van der Waals surface area contributed by atoms with Crippen LogP contribution in [0.15, 0.2) is 59.7 Å². The molecular formula is C30H35ClN4O2. The summed E-state index contributed by atoms with van der Waals surface area (Å²) in [5.74, 6) is 0.106. The van der Waals surface area contributed by atoms with Crippen molar-refractivity contribution in [2.24, 2.45) is 5.10 Å². The first-order chi connectivity index (χ1) is 17.7. The molecule has 194 valence electrons. The van der Waals surface area contributed by atoms with Crippen LogP contribution in [-0.2, 0) is 6.54 Å². The number of anilines is 1. The number of phenols is 1. The van der Waals surface area contributed by atoms with Crippen LogP contribution >= 0.6 is 11.6 Å². The lowest BCUT2D eigenvalue weighted by atomic mass is 10.0. The number of halogens is 1. The quantitative estimate of drug-likeness (QED) is 0.303. The van der Waals surface area contributed by atoms with Crippen molar-refractivity contribution < 1.29 is 9.90 Å². The fraction of sp³-hybridized carbons (Fsp3) is 0.333. The van der Waals surface area contributed by atoms with Crippen LogP contribution in [0.2, 0.25) is 5.02 Å². The third kappa shape index (κ3) is 6.51. The second-order valence-corrected chi connectivity index (χ2v) is 10.4. The lowest BCUT2D eigenvalue weighted by molar-refractivity contribution is 0.0955. The number of phenolic OH excluding ortho intramolecular Hbond substituents is 1. The molecule has 3 aromatic carbocycles. The topological polar surface area (TPSA) is 68.2 Å². The van der Waals surface area contributed by atoms with Crippen molar-refractivity contribution in [3.8, 4) is 5.75 Å². The molecule has 0 atom stereocenters. The standard InChI is InChI=1S/C30H35ClN4O2/c1-20(2)24-7-5-23(6-8-24)19-34-13-15-35(16-14-34)28-11-9-26(21(3)22(28)4)18-32-33-30(37)25-10-12-29(36)27(31)17-25/h5-12,17-18,20,36H,13-16,19H2,1-4H3,(H,33,37). The van der Waals surface area contributed by atoms with E-state index in [1.807, 2.05) is 6.07 Å². The second kappa shape index (κ2) is 11.8. The Labute approximate surface area is 224 Å². The molecule has 0 unspecified atom stereocenters. The maximum absolute atomic E-state index is 12.3. The Morgan fingerprint density at radius 3 is 2.38 bits per heavy atom. The second-order valence-electron chi connectivity index (χ2n) is 9.95. The molecule has 1 aliphatic rings. The van der Waals surface area contributed by atoms with E-state index < -0.39 is 5.91 Å². The highest BCUT2D eigenvalue weighted by Gasteiger charge is 2.20. The van der Waals surface area contributed by atoms with Crippen LogP contribution in [0, 0.1) is 13.8 Å². The van der Waals surface area contributed by atoms with E-state index >= 15 is 0 Å². The van der Waals surface area contributed by atoms with Crippen LogP contribution in [-0.4, -0.2) is 48.3 Å². The Morgan fingerprint density at radius 1 is 1.03 bits per heavy atom. The number of hydrogen-bond acceptors (Lipinski definition) is 5. The molecule has 1 heterocycles. The summed E-state index contributed by atoms with van der Waals surface area (Å²) in [6.07, 6.45) is 1.66. The number of carbonyl (C=O) groups excluding carboxylic acids is 1. The predicted octanol–water partition coefficient (Wildman–Crippen LogP) is 5.87. The van der Waals surface area contributed by atoms with Crippen molar-refractivity contribution in [1.82, 2.24) is 10.3 Å². The van der Waals surface area contributed by atoms with Crippen LogP contribution in [0.4, 0.5) is 5.69 Å². The molecule has 6 nitrogen and oxygen atoms in total. The first kappa shape index (κ1) is 26.7. The minimum Gasteiger partial charge on any atom is -0.506 e. The summed E-state index contributed by atoms with van der Waals surface area (Å²) >= 11 is 5.89. The Hall–Kier alpha value is -3.35. The minimum atomic E-state index is -0.391. The van der Waals surface area contributed by atoms with Gasteiger partial charge in [-0.1, -0.05) is 55.8 Å². The number of hydrogen-bond donors (Lipinski definition) is 2. The van der Waals surface area contributed by atoms with Gasteiger partial charge < -0.3 is 10.0 Å². The van der Waals surface area contributed by atoms with Gasteiger partial charge in [0.05, 0.1) is 11.2 Å². The number of nitrogens with one attached hydrogen (secondary N) is 1. The van der Waals surface area contributed by atoms with E-state index in [2.05, 4.69) is 78.4 Å². The summed E-state index contributed by atoms with van der Waals surface area (Å²) in [6, 6.07) is 17.5. The van der Waals surface area contributed by atoms with Gasteiger partial charge >= 0.3 is 0 Å². The summed E-state index contributed by atoms with van der Waals surface area (Å²) in [5.41, 5.74) is 10.2. The first-order valence-electron chi connectivity index (χ1n) is 12.7. The van der Waals surface area contributed by atoms with E-state index in [4.69, 9.17) is 11.6 Å². The largest absolute Gasteiger partial charge is 0.506 e. The third-order valence-corrected chi connectivity index (χ3v) is 7.45. The number of rotatable bonds is 7. The smallest absolute Gasteiger partial charge is 0.271 e. The van der Waals surface area contributed by atoms with E-state index in [0.29, 0.717) is 11.5 Å². The number of amides is 1. The van der Waals surface area contributed by atoms with Gasteiger partial charge in [0, 0.05) is 44.0 Å². The molecular weight excluding hydrogens is 484 g/mol. The van der Waals surface area contributed by atoms with Crippen molar-refractivity contribution in [3.63, 3.8) is 0 Å². The maximum atomic E-state index is 12.3. The molecule has 0 radical (unpaired) electrons. The molecule has 0 saturated carbocycles. The highest BCUT2D eigenvalue weighted by atomic mass is 35.5. The molecule has 3 aromatic rings. The van der Waals surface area contributed by atoms with E-state index in [1.54, 1.807) is 6.21 Å². The van der Waals surface area contributed by atoms with Crippen molar-refractivity contribution in [1.29, 1.82) is 0 Å². The molecule has 1 saturated heterocycles. The van der Waals surface area contributed by atoms with Gasteiger partial charge in [0.1, 0.15) is 5.75 Å². The van der Waals surface area contributed by atoms with E-state index in [-0.39, 0.29) is 10.8 Å². The minimum absolute atomic E-state index is 0.0642. The summed E-state index contributed by atoms with van der Waals surface area (Å²) in [7, 11) is 0. The van der Waals surface area contributed by atoms with Gasteiger partial charge in [0.25, 0.3) is 5.91 Å². The fourth-order valence-corrected chi connectivity index (χ4v) is 4.78. The van der Waals surface area contributed by atoms with Gasteiger partial charge in [-0.15, -0.1) is 0 Å². The first-order valence-corrected chi connectivity index (χ1v) is 13.1. The number of carbonyl (C=O) groups is 1. The maximum Gasteiger partial charge on any atom is 0.271 e. The Balaban J connectivity index is 1.34. The molecule has 0 spiro atoms. The zero-order valence-electron chi connectivity index (χ0n) is 22.0. The Morgan fingerprint density at radius 2 is 1.73 bits per heavy atom. The number of benzene rings is 3. The summed E-state index contributed by atoms with van der Waals surface area (Å²) in [4.78, 5) is 17.3. The Kier molecular flexibility index (Phi) is 8.52. The molecule has 0 aromatic heterocycles. The number of hydrazone groups is 1. The van der Waals surface area contributed by atoms with Crippen molar-refractivity contribution in [3.05, 3.63) is 93.0 Å². The Bertz CT molecular complexity index is 1280. The highest BCUT2D eigenvalue weighted by molar-refractivity contribution is 6.32. The van der Waals surface area contributed by atoms with Crippen molar-refractivity contribution >= 4 is 29.4 Å². The third-order valence-electron chi connectivity index (χ3n) is 7.15. The molecule has 1 amide bonds. The van der Waals surface area contributed by atoms with E-state index in [1.165, 1.54) is 40.6 Å². The van der Waals surface area contributed by atoms with Gasteiger partial charge in [0.15, 0.2) is 0 Å². The lowest BCUT2D eigenvalue weighted by Gasteiger charge is -2.37. The molecule has 2 N–H and O–H groups in total. The molecule has 37 heavy (non-hydrogen) atoms. The molecule has 4 rings (SSSR count). The van der Waals surface area contributed by atoms with Gasteiger partial charge in [-0.05, 0) is 71.8 Å². The van der Waals surface area contributed by atoms with Gasteiger partial charge in [-0.2, -0.15) is 5.10 Å². The average Bonchev–Trinajstić information content (AvgIpc) is 2.89.